The summed E-state index contributed by atoms with van der Waals surface area (Å²) in [5, 5.41) is 17.8. The number of nitrogens with zero attached hydrogens (tertiary/aromatic N) is 1. The summed E-state index contributed by atoms with van der Waals surface area (Å²) < 4.78 is 0. The minimum Gasteiger partial charge on any atom is -0.404 e. The third-order valence-electron chi connectivity index (χ3n) is 5.22. The average Bonchev–Trinajstić information content (AvgIpc) is 3.28. The van der Waals surface area contributed by atoms with Gasteiger partial charge in [0.1, 0.15) is 0 Å². The van der Waals surface area contributed by atoms with E-state index in [9.17, 15) is 4.79 Å². The van der Waals surface area contributed by atoms with E-state index in [1.54, 1.807) is 12.4 Å². The van der Waals surface area contributed by atoms with Gasteiger partial charge in [-0.25, -0.2) is 0 Å². The molecule has 0 fully saturated rings. The number of benzene rings is 2. The Kier molecular flexibility index (Phi) is 4.97. The van der Waals surface area contributed by atoms with E-state index in [-0.39, 0.29) is 5.56 Å². The van der Waals surface area contributed by atoms with Gasteiger partial charge >= 0.3 is 0 Å². The van der Waals surface area contributed by atoms with Crippen molar-refractivity contribution in [2.45, 2.75) is 12.8 Å². The van der Waals surface area contributed by atoms with Crippen molar-refractivity contribution in [1.29, 1.82) is 5.41 Å². The van der Waals surface area contributed by atoms with E-state index in [1.165, 1.54) is 12.4 Å². The summed E-state index contributed by atoms with van der Waals surface area (Å²) in [5.41, 5.74) is 15.6. The fourth-order valence-electron chi connectivity index (χ4n) is 3.79. The highest BCUT2D eigenvalue weighted by Crippen LogP contribution is 2.33. The molecule has 2 aromatic heterocycles. The number of H-pyrrole nitrogens is 2. The first-order valence-corrected chi connectivity index (χ1v) is 9.41. The molecule has 0 radical (unpaired) electrons. The Hall–Kier alpha value is -3.71. The Labute approximate surface area is 166 Å². The van der Waals surface area contributed by atoms with Crippen LogP contribution in [0.25, 0.3) is 38.2 Å². The van der Waals surface area contributed by atoms with Gasteiger partial charge in [0.2, 0.25) is 0 Å². The molecule has 0 saturated heterocycles. The first-order chi connectivity index (χ1) is 14.2. The van der Waals surface area contributed by atoms with Crippen LogP contribution in [0, 0.1) is 5.41 Å². The number of allylic oxidation sites excluding steroid dienone is 1. The zero-order chi connectivity index (χ0) is 20.4. The molecule has 7 nitrogen and oxygen atoms in total. The smallest absolute Gasteiger partial charge is 0.256 e. The fraction of sp³-hybridized carbons (Fsp3) is 0.136. The largest absolute Gasteiger partial charge is 0.404 e. The molecule has 0 aliphatic carbocycles. The maximum absolute atomic E-state index is 12.9. The van der Waals surface area contributed by atoms with Crippen LogP contribution in [0.4, 0.5) is 0 Å². The van der Waals surface area contributed by atoms with Gasteiger partial charge in [-0.1, -0.05) is 12.1 Å². The van der Waals surface area contributed by atoms with Crippen molar-refractivity contribution in [1.82, 2.24) is 15.2 Å². The molecule has 0 unspecified atom stereocenters. The highest BCUT2D eigenvalue weighted by Gasteiger charge is 2.15. The maximum atomic E-state index is 12.9. The van der Waals surface area contributed by atoms with Crippen molar-refractivity contribution in [2.75, 3.05) is 6.54 Å². The summed E-state index contributed by atoms with van der Waals surface area (Å²) in [6.45, 7) is 0.587. The zero-order valence-electron chi connectivity index (χ0n) is 15.8. The average molecular weight is 386 g/mol. The minimum atomic E-state index is -0.176. The van der Waals surface area contributed by atoms with Crippen LogP contribution in [0.5, 0.6) is 0 Å². The molecule has 0 atom stereocenters. The highest BCUT2D eigenvalue weighted by atomic mass is 16.1. The van der Waals surface area contributed by atoms with Crippen LogP contribution in [0.3, 0.4) is 0 Å². The monoisotopic (exact) mass is 386 g/mol. The van der Waals surface area contributed by atoms with E-state index in [4.69, 9.17) is 16.9 Å². The lowest BCUT2D eigenvalue weighted by Crippen LogP contribution is -2.09. The molecule has 7 heteroatoms. The van der Waals surface area contributed by atoms with Crippen LogP contribution >= 0.6 is 0 Å². The van der Waals surface area contributed by atoms with Crippen molar-refractivity contribution in [3.8, 4) is 11.1 Å². The summed E-state index contributed by atoms with van der Waals surface area (Å²) in [4.78, 5) is 15.7. The normalized spacial score (nSPS) is 12.0. The van der Waals surface area contributed by atoms with Crippen LogP contribution < -0.4 is 17.0 Å². The number of hydrogen-bond acceptors (Lipinski definition) is 5. The van der Waals surface area contributed by atoms with Gasteiger partial charge in [-0.15, -0.1) is 0 Å². The van der Waals surface area contributed by atoms with Gasteiger partial charge in [-0.2, -0.15) is 5.10 Å². The Balaban J connectivity index is 2.13. The molecule has 0 saturated carbocycles. The number of fused-ring (bicyclic) bond motifs is 3. The van der Waals surface area contributed by atoms with Gasteiger partial charge in [-0.05, 0) is 58.8 Å². The van der Waals surface area contributed by atoms with Crippen LogP contribution in [-0.4, -0.2) is 27.9 Å². The van der Waals surface area contributed by atoms with Gasteiger partial charge in [0.15, 0.2) is 0 Å². The van der Waals surface area contributed by atoms with Crippen LogP contribution in [0.1, 0.15) is 17.5 Å². The van der Waals surface area contributed by atoms with E-state index < -0.39 is 0 Å². The lowest BCUT2D eigenvalue weighted by Gasteiger charge is -2.14. The zero-order valence-corrected chi connectivity index (χ0v) is 15.8. The first-order valence-electron chi connectivity index (χ1n) is 9.41. The van der Waals surface area contributed by atoms with Crippen molar-refractivity contribution in [2.24, 2.45) is 11.5 Å². The van der Waals surface area contributed by atoms with Crippen molar-refractivity contribution >= 4 is 33.3 Å². The quantitative estimate of drug-likeness (QED) is 0.257. The summed E-state index contributed by atoms with van der Waals surface area (Å²) in [6.07, 6.45) is 9.40. The first kappa shape index (κ1) is 18.6. The van der Waals surface area contributed by atoms with Crippen molar-refractivity contribution in [3.63, 3.8) is 0 Å². The number of pyridine rings is 1. The third-order valence-corrected chi connectivity index (χ3v) is 5.22. The Bertz CT molecular complexity index is 1280. The van der Waals surface area contributed by atoms with E-state index in [1.807, 2.05) is 30.5 Å². The van der Waals surface area contributed by atoms with Crippen molar-refractivity contribution in [3.05, 3.63) is 70.5 Å². The van der Waals surface area contributed by atoms with E-state index in [2.05, 4.69) is 15.2 Å². The second kappa shape index (κ2) is 7.73. The van der Waals surface area contributed by atoms with Crippen LogP contribution in [0.2, 0.25) is 0 Å². The number of hydrogen-bond donors (Lipinski definition) is 5. The van der Waals surface area contributed by atoms with E-state index in [0.29, 0.717) is 17.5 Å². The second-order valence-corrected chi connectivity index (χ2v) is 6.90. The molecule has 4 rings (SSSR count). The van der Waals surface area contributed by atoms with Gasteiger partial charge < -0.3 is 21.9 Å². The van der Waals surface area contributed by atoms with Crippen LogP contribution in [-0.2, 0) is 6.42 Å². The molecule has 29 heavy (non-hydrogen) atoms. The summed E-state index contributed by atoms with van der Waals surface area (Å²) in [6, 6.07) is 8.13. The lowest BCUT2D eigenvalue weighted by atomic mass is 9.91. The SMILES string of the molecule is N=C/C(=C\N)c1c[nH]c(=O)c2c1cc(CCCN)c1ccc(-c3cn[nH]c3)cc12. The molecule has 2 heterocycles. The number of aromatic nitrogens is 3. The Morgan fingerprint density at radius 2 is 2.00 bits per heavy atom. The third kappa shape index (κ3) is 3.21. The molecule has 0 aliphatic rings. The fourth-order valence-corrected chi connectivity index (χ4v) is 3.79. The molecule has 0 bridgehead atoms. The topological polar surface area (TPSA) is 137 Å². The molecule has 146 valence electrons. The number of rotatable bonds is 6. The molecule has 2 aromatic carbocycles. The van der Waals surface area contributed by atoms with Gasteiger partial charge in [-0.3, -0.25) is 9.89 Å². The van der Waals surface area contributed by atoms with Gasteiger partial charge in [0, 0.05) is 41.5 Å². The van der Waals surface area contributed by atoms with Crippen molar-refractivity contribution < 1.29 is 0 Å². The number of aromatic amines is 2. The van der Waals surface area contributed by atoms with Gasteiger partial charge in [0.25, 0.3) is 5.56 Å². The minimum absolute atomic E-state index is 0.176. The lowest BCUT2D eigenvalue weighted by molar-refractivity contribution is 0.838. The van der Waals surface area contributed by atoms with E-state index >= 15 is 0 Å². The maximum Gasteiger partial charge on any atom is 0.256 e. The molecule has 4 aromatic rings. The number of aryl methyl sites for hydroxylation is 1. The standard InChI is InChI=1S/C22H22N6O/c23-5-1-2-14-7-19-20(15(8-24)9-25)12-26-22(29)21(19)18-6-13(3-4-17(14)18)16-10-27-28-11-16/h3-4,6-12,24H,1-2,5,23,25H2,(H,26,29)(H,27,28)/b15-9+,24-8?. The number of nitrogens with two attached hydrogens (primary N) is 2. The Morgan fingerprint density at radius 1 is 1.14 bits per heavy atom. The summed E-state index contributed by atoms with van der Waals surface area (Å²) in [5.74, 6) is 0. The summed E-state index contributed by atoms with van der Waals surface area (Å²) >= 11 is 0. The van der Waals surface area contributed by atoms with Gasteiger partial charge in [0.05, 0.1) is 11.6 Å². The molecule has 7 N–H and O–H groups in total. The molecule has 0 spiro atoms. The molecular weight excluding hydrogens is 364 g/mol. The Morgan fingerprint density at radius 3 is 2.69 bits per heavy atom. The predicted molar refractivity (Wildman–Crippen MR) is 118 cm³/mol. The highest BCUT2D eigenvalue weighted by molar-refractivity contribution is 6.18. The second-order valence-electron chi connectivity index (χ2n) is 6.90. The molecule has 0 aliphatic heterocycles. The molecular formula is C22H22N6O. The van der Waals surface area contributed by atoms with Crippen LogP contribution in [0.15, 0.2) is 53.9 Å². The summed E-state index contributed by atoms with van der Waals surface area (Å²) in [7, 11) is 0. The predicted octanol–water partition coefficient (Wildman–Crippen LogP) is 2.91. The van der Waals surface area contributed by atoms with E-state index in [0.717, 1.165) is 51.3 Å². The molecule has 0 amide bonds. The number of nitrogens with one attached hydrogen (secondary N) is 3.